The van der Waals surface area contributed by atoms with Gasteiger partial charge in [-0.15, -0.1) is 0 Å². The fourth-order valence-corrected chi connectivity index (χ4v) is 4.08. The number of carbonyl (C=O) groups excluding carboxylic acids is 4. The van der Waals surface area contributed by atoms with E-state index >= 15 is 0 Å². The zero-order chi connectivity index (χ0) is 28.9. The topological polar surface area (TPSA) is 99.3 Å². The maximum atomic E-state index is 14.0. The highest BCUT2D eigenvalue weighted by Crippen LogP contribution is 2.47. The van der Waals surface area contributed by atoms with E-state index in [0.717, 1.165) is 36.2 Å². The number of hydrogen-bond acceptors (Lipinski definition) is 5. The molecular formula is C23H17F7N4O5. The van der Waals surface area contributed by atoms with Gasteiger partial charge in [-0.1, -0.05) is 0 Å². The number of benzene rings is 2. The Kier molecular flexibility index (Phi) is 6.91. The van der Waals surface area contributed by atoms with Crippen molar-refractivity contribution in [3.8, 4) is 5.75 Å². The molecule has 0 saturated carbocycles. The number of carbonyl (C=O) groups is 4. The van der Waals surface area contributed by atoms with Gasteiger partial charge in [0.1, 0.15) is 17.4 Å². The fourth-order valence-electron chi connectivity index (χ4n) is 4.08. The molecule has 2 aromatic rings. The number of amides is 5. The third-order valence-electron chi connectivity index (χ3n) is 6.03. The molecule has 2 aromatic carbocycles. The molecule has 0 radical (unpaired) electrons. The Labute approximate surface area is 214 Å². The molecule has 208 valence electrons. The molecule has 39 heavy (non-hydrogen) atoms. The van der Waals surface area contributed by atoms with E-state index in [-0.39, 0.29) is 24.4 Å². The summed E-state index contributed by atoms with van der Waals surface area (Å²) in [4.78, 5) is 51.5. The minimum atomic E-state index is -5.47. The van der Waals surface area contributed by atoms with Crippen molar-refractivity contribution in [1.82, 2.24) is 10.2 Å². The van der Waals surface area contributed by atoms with E-state index in [2.05, 4.69) is 0 Å². The van der Waals surface area contributed by atoms with E-state index in [1.165, 1.54) is 0 Å². The van der Waals surface area contributed by atoms with Gasteiger partial charge in [-0.05, 0) is 36.4 Å². The lowest BCUT2D eigenvalue weighted by Crippen LogP contribution is -2.43. The van der Waals surface area contributed by atoms with Crippen molar-refractivity contribution in [2.75, 3.05) is 29.9 Å². The molecule has 0 bridgehead atoms. The number of anilines is 2. The molecule has 2 fully saturated rings. The lowest BCUT2D eigenvalue weighted by atomic mass is 10.1. The van der Waals surface area contributed by atoms with Crippen LogP contribution in [0.3, 0.4) is 0 Å². The average Bonchev–Trinajstić information content (AvgIpc) is 3.37. The zero-order valence-electron chi connectivity index (χ0n) is 19.7. The summed E-state index contributed by atoms with van der Waals surface area (Å²) >= 11 is 0. The van der Waals surface area contributed by atoms with Crippen LogP contribution < -0.4 is 19.9 Å². The molecule has 9 nitrogen and oxygen atoms in total. The molecule has 4 rings (SSSR count). The number of halogens is 7. The summed E-state index contributed by atoms with van der Waals surface area (Å²) in [6.07, 6.45) is -12.7. The van der Waals surface area contributed by atoms with Gasteiger partial charge >= 0.3 is 24.5 Å². The smallest absolute Gasteiger partial charge is 0.407 e. The van der Waals surface area contributed by atoms with Gasteiger partial charge in [0.05, 0.1) is 17.7 Å². The van der Waals surface area contributed by atoms with Gasteiger partial charge in [0.25, 0.3) is 0 Å². The van der Waals surface area contributed by atoms with Crippen LogP contribution >= 0.6 is 0 Å². The van der Waals surface area contributed by atoms with Crippen LogP contribution in [0.2, 0.25) is 0 Å². The molecule has 5 amide bonds. The second-order valence-electron chi connectivity index (χ2n) is 8.53. The quantitative estimate of drug-likeness (QED) is 0.446. The lowest BCUT2D eigenvalue weighted by molar-refractivity contribution is -0.143. The van der Waals surface area contributed by atoms with Crippen molar-refractivity contribution in [2.24, 2.45) is 0 Å². The lowest BCUT2D eigenvalue weighted by Gasteiger charge is -2.26. The number of alkyl halides is 6. The van der Waals surface area contributed by atoms with Gasteiger partial charge < -0.3 is 9.64 Å². The van der Waals surface area contributed by atoms with Crippen LogP contribution in [0, 0.1) is 5.82 Å². The molecule has 2 aliphatic rings. The number of ether oxygens (including phenoxy) is 1. The number of urea groups is 1. The van der Waals surface area contributed by atoms with E-state index in [1.807, 2.05) is 5.32 Å². The number of imide groups is 1. The highest BCUT2D eigenvalue weighted by atomic mass is 19.4. The molecule has 1 unspecified atom stereocenters. The fraction of sp³-hybridized carbons (Fsp3) is 0.304. The van der Waals surface area contributed by atoms with E-state index < -0.39 is 83.7 Å². The van der Waals surface area contributed by atoms with Gasteiger partial charge in [0, 0.05) is 25.8 Å². The molecule has 0 aromatic heterocycles. The van der Waals surface area contributed by atoms with E-state index in [0.29, 0.717) is 9.80 Å². The molecular weight excluding hydrogens is 545 g/mol. The second-order valence-corrected chi connectivity index (χ2v) is 8.53. The van der Waals surface area contributed by atoms with Gasteiger partial charge in [-0.3, -0.25) is 24.7 Å². The van der Waals surface area contributed by atoms with Crippen LogP contribution in [0.1, 0.15) is 17.5 Å². The first-order valence-corrected chi connectivity index (χ1v) is 11.0. The SMILES string of the molecule is CN(C(=O)Oc1c(N2CCN(C3CC(=O)NC3=O)C2=O)cc(C(F)(F)F)cc1C(F)(F)F)c1ccc(F)cc1. The van der Waals surface area contributed by atoms with Crippen molar-refractivity contribution in [3.63, 3.8) is 0 Å². The maximum absolute atomic E-state index is 14.0. The van der Waals surface area contributed by atoms with Crippen LogP contribution in [0.5, 0.6) is 5.75 Å². The Morgan fingerprint density at radius 3 is 2.18 bits per heavy atom. The molecule has 16 heteroatoms. The summed E-state index contributed by atoms with van der Waals surface area (Å²) in [5, 5.41) is 1.96. The number of nitrogens with one attached hydrogen (secondary N) is 1. The van der Waals surface area contributed by atoms with Gasteiger partial charge in [0.2, 0.25) is 11.8 Å². The number of nitrogens with zero attached hydrogens (tertiary/aromatic N) is 3. The van der Waals surface area contributed by atoms with Gasteiger partial charge in [-0.2, -0.15) is 26.3 Å². The van der Waals surface area contributed by atoms with Gasteiger partial charge in [-0.25, -0.2) is 14.0 Å². The predicted molar refractivity (Wildman–Crippen MR) is 118 cm³/mol. The first-order chi connectivity index (χ1) is 18.1. The minimum Gasteiger partial charge on any atom is -0.407 e. The van der Waals surface area contributed by atoms with Gasteiger partial charge in [0.15, 0.2) is 5.75 Å². The third kappa shape index (κ3) is 5.44. The Bertz CT molecular complexity index is 1340. The summed E-state index contributed by atoms with van der Waals surface area (Å²) in [7, 11) is 1.06. The van der Waals surface area contributed by atoms with Crippen LogP contribution in [0.15, 0.2) is 36.4 Å². The normalized spacial score (nSPS) is 18.1. The van der Waals surface area contributed by atoms with Crippen LogP contribution in [-0.2, 0) is 21.9 Å². The maximum Gasteiger partial charge on any atom is 0.420 e. The predicted octanol–water partition coefficient (Wildman–Crippen LogP) is 4.16. The molecule has 2 aliphatic heterocycles. The second kappa shape index (κ2) is 9.74. The Morgan fingerprint density at radius 1 is 1.00 bits per heavy atom. The first-order valence-electron chi connectivity index (χ1n) is 11.0. The van der Waals surface area contributed by atoms with E-state index in [4.69, 9.17) is 4.74 Å². The van der Waals surface area contributed by atoms with Crippen LogP contribution in [0.25, 0.3) is 0 Å². The number of rotatable bonds is 4. The average molecular weight is 562 g/mol. The minimum absolute atomic E-state index is 0.0243. The molecule has 0 spiro atoms. The van der Waals surface area contributed by atoms with Crippen LogP contribution in [0.4, 0.5) is 51.7 Å². The highest BCUT2D eigenvalue weighted by molar-refractivity contribution is 6.08. The standard InChI is InChI=1S/C23H17F7N4O5/c1-32(13-4-2-12(24)3-5-13)21(38)39-18-14(23(28,29)30)8-11(22(25,26)27)9-15(18)33-6-7-34(20(33)37)16-10-17(35)31-19(16)36/h2-5,8-9,16H,6-7,10H2,1H3,(H,31,35,36). The van der Waals surface area contributed by atoms with Crippen LogP contribution in [-0.4, -0.2) is 55.0 Å². The molecule has 1 N–H and O–H groups in total. The van der Waals surface area contributed by atoms with E-state index in [9.17, 15) is 49.9 Å². The third-order valence-corrected chi connectivity index (χ3v) is 6.03. The molecule has 2 saturated heterocycles. The largest absolute Gasteiger partial charge is 0.420 e. The van der Waals surface area contributed by atoms with Crippen molar-refractivity contribution < 1.29 is 54.6 Å². The molecule has 0 aliphatic carbocycles. The molecule has 1 atom stereocenters. The summed E-state index contributed by atoms with van der Waals surface area (Å²) in [5.41, 5.74) is -4.83. The summed E-state index contributed by atoms with van der Waals surface area (Å²) in [6.45, 7) is -0.821. The highest BCUT2D eigenvalue weighted by Gasteiger charge is 2.46. The Hall–Kier alpha value is -4.37. The van der Waals surface area contributed by atoms with Crippen molar-refractivity contribution in [3.05, 3.63) is 53.3 Å². The zero-order valence-corrected chi connectivity index (χ0v) is 19.7. The van der Waals surface area contributed by atoms with Crippen molar-refractivity contribution in [2.45, 2.75) is 24.8 Å². The summed E-state index contributed by atoms with van der Waals surface area (Å²) < 4.78 is 101. The van der Waals surface area contributed by atoms with E-state index in [1.54, 1.807) is 0 Å². The van der Waals surface area contributed by atoms with Crippen molar-refractivity contribution >= 4 is 35.3 Å². The Balaban J connectivity index is 1.79. The molecule has 2 heterocycles. The van der Waals surface area contributed by atoms with Crippen molar-refractivity contribution in [1.29, 1.82) is 0 Å². The first kappa shape index (κ1) is 27.7. The monoisotopic (exact) mass is 562 g/mol. The number of hydrogen-bond donors (Lipinski definition) is 1. The summed E-state index contributed by atoms with van der Waals surface area (Å²) in [6, 6.07) is 1.56. The summed E-state index contributed by atoms with van der Waals surface area (Å²) in [5.74, 6) is -3.65. The Morgan fingerprint density at radius 2 is 1.64 bits per heavy atom.